The van der Waals surface area contributed by atoms with E-state index in [0.29, 0.717) is 10.6 Å². The van der Waals surface area contributed by atoms with Crippen molar-refractivity contribution < 1.29 is 4.79 Å². The quantitative estimate of drug-likeness (QED) is 0.678. The average Bonchev–Trinajstić information content (AvgIpc) is 2.92. The lowest BCUT2D eigenvalue weighted by molar-refractivity contribution is -0.110. The number of carbonyl (C=O) groups is 1. The van der Waals surface area contributed by atoms with Gasteiger partial charge in [-0.25, -0.2) is 0 Å². The van der Waals surface area contributed by atoms with Crippen molar-refractivity contribution >= 4 is 34.8 Å². The van der Waals surface area contributed by atoms with Crippen molar-refractivity contribution in [3.63, 3.8) is 0 Å². The van der Waals surface area contributed by atoms with E-state index in [0.717, 1.165) is 27.9 Å². The fourth-order valence-electron chi connectivity index (χ4n) is 2.80. The molecule has 1 amide bonds. The Balaban J connectivity index is 1.78. The molecule has 0 saturated carbocycles. The Morgan fingerprint density at radius 1 is 1.00 bits per heavy atom. The zero-order valence-electron chi connectivity index (χ0n) is 12.7. The molecular formula is C20H13ClN2O. The molecule has 116 valence electrons. The summed E-state index contributed by atoms with van der Waals surface area (Å²) in [5.74, 6) is -0.117. The first-order valence-electron chi connectivity index (χ1n) is 7.55. The number of nitrogens with zero attached hydrogens (tertiary/aromatic N) is 1. The Labute approximate surface area is 144 Å². The number of hydrogen-bond donors (Lipinski definition) is 1. The molecule has 1 aliphatic rings. The van der Waals surface area contributed by atoms with Gasteiger partial charge in [-0.2, -0.15) is 0 Å². The van der Waals surface area contributed by atoms with Crippen LogP contribution in [0.4, 0.5) is 5.69 Å². The summed E-state index contributed by atoms with van der Waals surface area (Å²) < 4.78 is 0. The van der Waals surface area contributed by atoms with Crippen molar-refractivity contribution in [1.29, 1.82) is 0 Å². The van der Waals surface area contributed by atoms with Crippen LogP contribution in [-0.4, -0.2) is 10.9 Å². The molecule has 0 aliphatic carbocycles. The lowest BCUT2D eigenvalue weighted by atomic mass is 10.00. The molecule has 0 unspecified atom stereocenters. The minimum absolute atomic E-state index is 0.117. The highest BCUT2D eigenvalue weighted by molar-refractivity contribution is 6.37. The minimum Gasteiger partial charge on any atom is -0.321 e. The Hall–Kier alpha value is -2.91. The molecule has 24 heavy (non-hydrogen) atoms. The molecule has 0 saturated heterocycles. The molecule has 0 bridgehead atoms. The third kappa shape index (κ3) is 2.59. The molecule has 4 heteroatoms. The van der Waals surface area contributed by atoms with Gasteiger partial charge >= 0.3 is 0 Å². The van der Waals surface area contributed by atoms with Gasteiger partial charge in [-0.1, -0.05) is 48.0 Å². The fraction of sp³-hybridized carbons (Fsp3) is 0. The van der Waals surface area contributed by atoms with Crippen LogP contribution in [0.15, 0.2) is 67.0 Å². The van der Waals surface area contributed by atoms with Crippen molar-refractivity contribution in [3.8, 4) is 11.1 Å². The van der Waals surface area contributed by atoms with Gasteiger partial charge in [0.2, 0.25) is 0 Å². The molecule has 1 aliphatic heterocycles. The molecule has 1 N–H and O–H groups in total. The summed E-state index contributed by atoms with van der Waals surface area (Å²) in [6, 6.07) is 17.3. The Morgan fingerprint density at radius 2 is 1.88 bits per heavy atom. The molecule has 1 aromatic heterocycles. The van der Waals surface area contributed by atoms with Gasteiger partial charge in [0.25, 0.3) is 5.91 Å². The largest absolute Gasteiger partial charge is 0.321 e. The minimum atomic E-state index is -0.117. The predicted octanol–water partition coefficient (Wildman–Crippen LogP) is 4.89. The summed E-state index contributed by atoms with van der Waals surface area (Å²) in [5.41, 5.74) is 5.16. The van der Waals surface area contributed by atoms with Crippen LogP contribution in [0.3, 0.4) is 0 Å². The van der Waals surface area contributed by atoms with E-state index in [1.807, 2.05) is 60.7 Å². The Kier molecular flexibility index (Phi) is 3.63. The number of carbonyl (C=O) groups excluding carboxylic acids is 1. The Bertz CT molecular complexity index is 964. The van der Waals surface area contributed by atoms with Crippen LogP contribution in [-0.2, 0) is 4.79 Å². The molecule has 4 rings (SSSR count). The first-order valence-corrected chi connectivity index (χ1v) is 7.92. The van der Waals surface area contributed by atoms with Crippen LogP contribution in [0.25, 0.3) is 22.8 Å². The van der Waals surface area contributed by atoms with Crippen LogP contribution in [0, 0.1) is 0 Å². The van der Waals surface area contributed by atoms with Gasteiger partial charge in [0.1, 0.15) is 0 Å². The first-order chi connectivity index (χ1) is 11.7. The van der Waals surface area contributed by atoms with Crippen molar-refractivity contribution in [2.75, 3.05) is 5.32 Å². The number of aromatic nitrogens is 1. The van der Waals surface area contributed by atoms with Crippen LogP contribution < -0.4 is 5.32 Å². The van der Waals surface area contributed by atoms with Gasteiger partial charge in [-0.05, 0) is 35.4 Å². The average molecular weight is 333 g/mol. The summed E-state index contributed by atoms with van der Waals surface area (Å²) in [6.07, 6.45) is 5.37. The highest BCUT2D eigenvalue weighted by atomic mass is 35.5. The second-order valence-electron chi connectivity index (χ2n) is 5.54. The second-order valence-corrected chi connectivity index (χ2v) is 5.94. The molecule has 3 nitrogen and oxygen atoms in total. The summed E-state index contributed by atoms with van der Waals surface area (Å²) in [5, 5.41) is 3.55. The van der Waals surface area contributed by atoms with Gasteiger partial charge in [0, 0.05) is 39.8 Å². The lowest BCUT2D eigenvalue weighted by Crippen LogP contribution is -2.03. The van der Waals surface area contributed by atoms with Gasteiger partial charge in [-0.3, -0.25) is 9.78 Å². The van der Waals surface area contributed by atoms with E-state index in [9.17, 15) is 4.79 Å². The number of anilines is 1. The van der Waals surface area contributed by atoms with Crippen molar-refractivity contribution in [2.24, 2.45) is 0 Å². The highest BCUT2D eigenvalue weighted by Gasteiger charge is 2.24. The SMILES string of the molecule is O=C1Nc2cc(-c3cccnc3)ccc2C1=Cc1ccccc1Cl. The van der Waals surface area contributed by atoms with Crippen molar-refractivity contribution in [2.45, 2.75) is 0 Å². The van der Waals surface area contributed by atoms with Crippen LogP contribution in [0.2, 0.25) is 5.02 Å². The number of halogens is 1. The second kappa shape index (κ2) is 5.95. The van der Waals surface area contributed by atoms with Crippen molar-refractivity contribution in [3.05, 3.63) is 83.1 Å². The van der Waals surface area contributed by atoms with Crippen LogP contribution in [0.5, 0.6) is 0 Å². The van der Waals surface area contributed by atoms with Gasteiger partial charge < -0.3 is 5.32 Å². The third-order valence-electron chi connectivity index (χ3n) is 4.00. The summed E-state index contributed by atoms with van der Waals surface area (Å²) >= 11 is 6.20. The molecule has 2 aromatic carbocycles. The van der Waals surface area contributed by atoms with E-state index in [4.69, 9.17) is 11.6 Å². The molecule has 2 heterocycles. The van der Waals surface area contributed by atoms with Crippen LogP contribution >= 0.6 is 11.6 Å². The van der Waals surface area contributed by atoms with E-state index in [-0.39, 0.29) is 5.91 Å². The molecule has 3 aromatic rings. The van der Waals surface area contributed by atoms with E-state index < -0.39 is 0 Å². The summed E-state index contributed by atoms with van der Waals surface area (Å²) in [6.45, 7) is 0. The van der Waals surface area contributed by atoms with Gasteiger partial charge in [0.15, 0.2) is 0 Å². The third-order valence-corrected chi connectivity index (χ3v) is 4.35. The molecule has 0 spiro atoms. The number of nitrogens with one attached hydrogen (secondary N) is 1. The molecule has 0 atom stereocenters. The summed E-state index contributed by atoms with van der Waals surface area (Å²) in [7, 11) is 0. The monoisotopic (exact) mass is 332 g/mol. The van der Waals surface area contributed by atoms with E-state index in [1.165, 1.54) is 0 Å². The maximum atomic E-state index is 12.4. The smallest absolute Gasteiger partial charge is 0.256 e. The number of amides is 1. The van der Waals surface area contributed by atoms with Crippen LogP contribution in [0.1, 0.15) is 11.1 Å². The normalized spacial score (nSPS) is 14.5. The van der Waals surface area contributed by atoms with Gasteiger partial charge in [0.05, 0.1) is 0 Å². The zero-order chi connectivity index (χ0) is 16.5. The first kappa shape index (κ1) is 14.7. The fourth-order valence-corrected chi connectivity index (χ4v) is 2.99. The number of fused-ring (bicyclic) bond motifs is 1. The maximum absolute atomic E-state index is 12.4. The molecule has 0 fully saturated rings. The lowest BCUT2D eigenvalue weighted by Gasteiger charge is -2.04. The number of hydrogen-bond acceptors (Lipinski definition) is 2. The number of benzene rings is 2. The van der Waals surface area contributed by atoms with Gasteiger partial charge in [-0.15, -0.1) is 0 Å². The van der Waals surface area contributed by atoms with E-state index in [1.54, 1.807) is 12.4 Å². The van der Waals surface area contributed by atoms with Crippen molar-refractivity contribution in [1.82, 2.24) is 4.98 Å². The summed E-state index contributed by atoms with van der Waals surface area (Å²) in [4.78, 5) is 16.5. The Morgan fingerprint density at radius 3 is 2.67 bits per heavy atom. The van der Waals surface area contributed by atoms with E-state index in [2.05, 4.69) is 10.3 Å². The topological polar surface area (TPSA) is 42.0 Å². The number of pyridine rings is 1. The highest BCUT2D eigenvalue weighted by Crippen LogP contribution is 2.36. The molecular weight excluding hydrogens is 320 g/mol. The maximum Gasteiger partial charge on any atom is 0.256 e. The molecule has 0 radical (unpaired) electrons. The predicted molar refractivity (Wildman–Crippen MR) is 97.6 cm³/mol. The standard InChI is InChI=1S/C20H13ClN2O/c21-18-6-2-1-4-14(18)10-17-16-8-7-13(11-19(16)23-20(17)24)15-5-3-9-22-12-15/h1-12H,(H,23,24). The van der Waals surface area contributed by atoms with E-state index >= 15 is 0 Å². The number of rotatable bonds is 2. The zero-order valence-corrected chi connectivity index (χ0v) is 13.4.